The number of pyridine rings is 1. The van der Waals surface area contributed by atoms with E-state index in [2.05, 4.69) is 4.98 Å². The molecule has 0 fully saturated rings. The molecule has 0 unspecified atom stereocenters. The summed E-state index contributed by atoms with van der Waals surface area (Å²) in [7, 11) is 0. The maximum absolute atomic E-state index is 11.7. The Morgan fingerprint density at radius 1 is 1.24 bits per heavy atom. The summed E-state index contributed by atoms with van der Waals surface area (Å²) < 4.78 is 4.93. The molecule has 2 rings (SSSR count). The van der Waals surface area contributed by atoms with Crippen LogP contribution < -0.4 is 5.73 Å². The van der Waals surface area contributed by atoms with E-state index in [1.165, 1.54) is 0 Å². The highest BCUT2D eigenvalue weighted by Gasteiger charge is 2.11. The van der Waals surface area contributed by atoms with E-state index in [1.54, 1.807) is 44.2 Å². The molecule has 0 spiro atoms. The minimum Gasteiger partial charge on any atom is -0.461 e. The summed E-state index contributed by atoms with van der Waals surface area (Å²) >= 11 is 0. The number of primary amides is 1. The van der Waals surface area contributed by atoms with Crippen molar-refractivity contribution in [3.63, 3.8) is 0 Å². The number of amides is 1. The molecule has 21 heavy (non-hydrogen) atoms. The normalized spacial score (nSPS) is 10.2. The van der Waals surface area contributed by atoms with Gasteiger partial charge in [-0.3, -0.25) is 4.79 Å². The lowest BCUT2D eigenvalue weighted by Gasteiger charge is -2.07. The first-order valence-electron chi connectivity index (χ1n) is 6.58. The molecular formula is C16H16N2O3. The maximum atomic E-state index is 11.7. The van der Waals surface area contributed by atoms with Crippen LogP contribution in [0.5, 0.6) is 0 Å². The molecule has 1 amide bonds. The van der Waals surface area contributed by atoms with Crippen LogP contribution in [0.15, 0.2) is 36.4 Å². The van der Waals surface area contributed by atoms with E-state index in [1.807, 2.05) is 6.07 Å². The van der Waals surface area contributed by atoms with E-state index >= 15 is 0 Å². The highest BCUT2D eigenvalue weighted by Crippen LogP contribution is 2.21. The zero-order valence-corrected chi connectivity index (χ0v) is 11.9. The third-order valence-corrected chi connectivity index (χ3v) is 3.02. The molecule has 2 aromatic rings. The molecule has 0 aliphatic rings. The van der Waals surface area contributed by atoms with Gasteiger partial charge in [0.05, 0.1) is 12.3 Å². The highest BCUT2D eigenvalue weighted by atomic mass is 16.5. The minimum atomic E-state index is -0.465. The van der Waals surface area contributed by atoms with Gasteiger partial charge >= 0.3 is 5.97 Å². The molecule has 1 heterocycles. The maximum Gasteiger partial charge on any atom is 0.356 e. The number of esters is 1. The fraction of sp³-hybridized carbons (Fsp3) is 0.188. The molecule has 5 heteroatoms. The first-order valence-corrected chi connectivity index (χ1v) is 6.58. The fourth-order valence-corrected chi connectivity index (χ4v) is 2.01. The van der Waals surface area contributed by atoms with E-state index in [9.17, 15) is 9.59 Å². The molecule has 1 aromatic carbocycles. The molecule has 0 aliphatic carbocycles. The van der Waals surface area contributed by atoms with Crippen molar-refractivity contribution in [2.45, 2.75) is 13.8 Å². The van der Waals surface area contributed by atoms with Gasteiger partial charge in [0.15, 0.2) is 0 Å². The van der Waals surface area contributed by atoms with Crippen LogP contribution in [0.2, 0.25) is 0 Å². The molecule has 2 N–H and O–H groups in total. The molecule has 0 aliphatic heterocycles. The molecule has 0 saturated heterocycles. The Bertz CT molecular complexity index is 696. The van der Waals surface area contributed by atoms with Crippen LogP contribution in [-0.4, -0.2) is 23.5 Å². The van der Waals surface area contributed by atoms with Gasteiger partial charge in [-0.05, 0) is 43.7 Å². The van der Waals surface area contributed by atoms with Crippen LogP contribution in [0.3, 0.4) is 0 Å². The van der Waals surface area contributed by atoms with Gasteiger partial charge in [0.2, 0.25) is 5.91 Å². The van der Waals surface area contributed by atoms with Crippen molar-refractivity contribution < 1.29 is 14.3 Å². The molecule has 0 saturated carbocycles. The summed E-state index contributed by atoms with van der Waals surface area (Å²) in [5.74, 6) is -0.919. The van der Waals surface area contributed by atoms with Crippen molar-refractivity contribution in [1.29, 1.82) is 0 Å². The van der Waals surface area contributed by atoms with Crippen molar-refractivity contribution in [3.8, 4) is 11.3 Å². The molecule has 5 nitrogen and oxygen atoms in total. The first-order chi connectivity index (χ1) is 10.0. The van der Waals surface area contributed by atoms with Gasteiger partial charge in [-0.2, -0.15) is 0 Å². The molecule has 108 valence electrons. The van der Waals surface area contributed by atoms with E-state index < -0.39 is 11.9 Å². The standard InChI is InChI=1S/C16H16N2O3/c1-3-21-16(20)14-6-4-5-13(18-14)11-7-8-12(15(17)19)10(2)9-11/h4-9H,3H2,1-2H3,(H2,17,19). The summed E-state index contributed by atoms with van der Waals surface area (Å²) in [6, 6.07) is 10.4. The van der Waals surface area contributed by atoms with Crippen molar-refractivity contribution in [3.05, 3.63) is 53.2 Å². The average molecular weight is 284 g/mol. The van der Waals surface area contributed by atoms with Gasteiger partial charge in [-0.15, -0.1) is 0 Å². The SMILES string of the molecule is CCOC(=O)c1cccc(-c2ccc(C(N)=O)c(C)c2)n1. The van der Waals surface area contributed by atoms with Gasteiger partial charge in [0.25, 0.3) is 0 Å². The second kappa shape index (κ2) is 6.17. The molecule has 1 aromatic heterocycles. The Morgan fingerprint density at radius 3 is 2.62 bits per heavy atom. The summed E-state index contributed by atoms with van der Waals surface area (Å²) in [5, 5.41) is 0. The Kier molecular flexibility index (Phi) is 4.33. The van der Waals surface area contributed by atoms with Gasteiger partial charge in [-0.1, -0.05) is 12.1 Å². The number of rotatable bonds is 4. The summed E-state index contributed by atoms with van der Waals surface area (Å²) in [6.45, 7) is 3.85. The Hall–Kier alpha value is -2.69. The number of carbonyl (C=O) groups is 2. The first kappa shape index (κ1) is 14.7. The summed E-state index contributed by atoms with van der Waals surface area (Å²) in [5.41, 5.74) is 8.23. The lowest BCUT2D eigenvalue weighted by atomic mass is 10.0. The van der Waals surface area contributed by atoms with Crippen LogP contribution >= 0.6 is 0 Å². The van der Waals surface area contributed by atoms with E-state index in [0.29, 0.717) is 17.9 Å². The predicted octanol–water partition coefficient (Wildman–Crippen LogP) is 2.33. The predicted molar refractivity (Wildman–Crippen MR) is 78.9 cm³/mol. The second-order valence-electron chi connectivity index (χ2n) is 4.52. The fourth-order valence-electron chi connectivity index (χ4n) is 2.01. The zero-order chi connectivity index (χ0) is 15.4. The third-order valence-electron chi connectivity index (χ3n) is 3.02. The zero-order valence-electron chi connectivity index (χ0n) is 11.9. The van der Waals surface area contributed by atoms with Crippen molar-refractivity contribution >= 4 is 11.9 Å². The number of hydrogen-bond acceptors (Lipinski definition) is 4. The van der Waals surface area contributed by atoms with Gasteiger partial charge < -0.3 is 10.5 Å². The Balaban J connectivity index is 2.38. The summed E-state index contributed by atoms with van der Waals surface area (Å²) in [4.78, 5) is 27.2. The van der Waals surface area contributed by atoms with Crippen molar-refractivity contribution in [2.75, 3.05) is 6.61 Å². The topological polar surface area (TPSA) is 82.3 Å². The van der Waals surface area contributed by atoms with E-state index in [4.69, 9.17) is 10.5 Å². The van der Waals surface area contributed by atoms with Crippen LogP contribution in [0.4, 0.5) is 0 Å². The van der Waals surface area contributed by atoms with E-state index in [-0.39, 0.29) is 5.69 Å². The Labute approximate surface area is 122 Å². The number of hydrogen-bond donors (Lipinski definition) is 1. The van der Waals surface area contributed by atoms with Gasteiger partial charge in [0, 0.05) is 11.1 Å². The largest absolute Gasteiger partial charge is 0.461 e. The number of benzene rings is 1. The monoisotopic (exact) mass is 284 g/mol. The third kappa shape index (κ3) is 3.25. The molecule has 0 radical (unpaired) electrons. The molecule has 0 atom stereocenters. The smallest absolute Gasteiger partial charge is 0.356 e. The van der Waals surface area contributed by atoms with E-state index in [0.717, 1.165) is 11.1 Å². The van der Waals surface area contributed by atoms with Crippen LogP contribution in [0, 0.1) is 6.92 Å². The second-order valence-corrected chi connectivity index (χ2v) is 4.52. The average Bonchev–Trinajstić information content (AvgIpc) is 2.47. The summed E-state index contributed by atoms with van der Waals surface area (Å²) in [6.07, 6.45) is 0. The highest BCUT2D eigenvalue weighted by molar-refractivity contribution is 5.95. The number of carbonyl (C=O) groups excluding carboxylic acids is 2. The molecular weight excluding hydrogens is 268 g/mol. The van der Waals surface area contributed by atoms with Gasteiger partial charge in [-0.25, -0.2) is 9.78 Å². The van der Waals surface area contributed by atoms with Crippen LogP contribution in [-0.2, 0) is 4.74 Å². The number of aryl methyl sites for hydroxylation is 1. The number of nitrogens with two attached hydrogens (primary N) is 1. The lowest BCUT2D eigenvalue weighted by molar-refractivity contribution is 0.0519. The number of nitrogens with zero attached hydrogens (tertiary/aromatic N) is 1. The number of ether oxygens (including phenoxy) is 1. The van der Waals surface area contributed by atoms with Crippen molar-refractivity contribution in [2.24, 2.45) is 5.73 Å². The molecule has 0 bridgehead atoms. The van der Waals surface area contributed by atoms with Crippen molar-refractivity contribution in [1.82, 2.24) is 4.98 Å². The minimum absolute atomic E-state index is 0.256. The quantitative estimate of drug-likeness (QED) is 0.873. The van der Waals surface area contributed by atoms with Crippen LogP contribution in [0.1, 0.15) is 33.3 Å². The lowest BCUT2D eigenvalue weighted by Crippen LogP contribution is -2.12. The van der Waals surface area contributed by atoms with Crippen LogP contribution in [0.25, 0.3) is 11.3 Å². The number of aromatic nitrogens is 1. The van der Waals surface area contributed by atoms with Gasteiger partial charge in [0.1, 0.15) is 5.69 Å². The Morgan fingerprint density at radius 2 is 2.00 bits per heavy atom.